The first-order valence-corrected chi connectivity index (χ1v) is 22.6. The monoisotopic (exact) mass is 849 g/mol. The highest BCUT2D eigenvalue weighted by atomic mass is 32.2. The van der Waals surface area contributed by atoms with Crippen LogP contribution in [0, 0.1) is 23.2 Å². The van der Waals surface area contributed by atoms with E-state index in [1.54, 1.807) is 24.5 Å². The maximum absolute atomic E-state index is 14.1. The van der Waals surface area contributed by atoms with Crippen molar-refractivity contribution in [1.29, 1.82) is 0 Å². The quantitative estimate of drug-likeness (QED) is 0.0618. The van der Waals surface area contributed by atoms with Crippen LogP contribution in [-0.2, 0) is 21.4 Å². The molecule has 4 aromatic heterocycles. The zero-order chi connectivity index (χ0) is 42.1. The number of anilines is 1. The second-order valence-electron chi connectivity index (χ2n) is 18.0. The summed E-state index contributed by atoms with van der Waals surface area (Å²) in [5.74, 6) is -1.96. The zero-order valence-corrected chi connectivity index (χ0v) is 35.3. The summed E-state index contributed by atoms with van der Waals surface area (Å²) in [6.07, 6.45) is 9.28. The van der Waals surface area contributed by atoms with Gasteiger partial charge in [0.25, 0.3) is 16.0 Å². The lowest BCUT2D eigenvalue weighted by molar-refractivity contribution is -0.247. The van der Waals surface area contributed by atoms with Gasteiger partial charge in [0.1, 0.15) is 0 Å². The van der Waals surface area contributed by atoms with Crippen molar-refractivity contribution in [3.8, 4) is 22.4 Å². The zero-order valence-electron chi connectivity index (χ0n) is 33.7. The SMILES string of the molecule is Cc1c(-c2ccc(-c3cnc4ccccc4c3C(=O)Nc3nc4ccccc4s3)nc2C(=O)O)cnn1CC12CC3(C)CC(C)(C1)CC(OCCNCCS(=O)(=O)O)(C3)C2. The predicted octanol–water partition coefficient (Wildman–Crippen LogP) is 7.64. The Morgan fingerprint density at radius 3 is 2.33 bits per heavy atom. The summed E-state index contributed by atoms with van der Waals surface area (Å²) in [5.41, 5.74) is 3.92. The number of aromatic nitrogens is 5. The number of pyridine rings is 2. The molecule has 60 heavy (non-hydrogen) atoms. The normalized spacial score (nSPS) is 24.7. The topological polar surface area (TPSA) is 199 Å². The van der Waals surface area contributed by atoms with E-state index >= 15 is 0 Å². The summed E-state index contributed by atoms with van der Waals surface area (Å²) in [5, 5.41) is 22.6. The van der Waals surface area contributed by atoms with Gasteiger partial charge in [-0.1, -0.05) is 55.5 Å². The van der Waals surface area contributed by atoms with Gasteiger partial charge in [0, 0.05) is 53.6 Å². The number of rotatable bonds is 14. The Labute approximate surface area is 351 Å². The van der Waals surface area contributed by atoms with Crippen LogP contribution in [0.2, 0.25) is 0 Å². The van der Waals surface area contributed by atoms with Crippen LogP contribution in [-0.4, -0.2) is 85.7 Å². The first-order valence-electron chi connectivity index (χ1n) is 20.2. The molecule has 312 valence electrons. The number of carboxylic acids is 1. The molecule has 6 aromatic rings. The second-order valence-corrected chi connectivity index (χ2v) is 20.6. The fourth-order valence-corrected chi connectivity index (χ4v) is 12.9. The number of nitrogens with one attached hydrogen (secondary N) is 2. The van der Waals surface area contributed by atoms with Gasteiger partial charge in [0.05, 0.1) is 51.1 Å². The average Bonchev–Trinajstić information content (AvgIpc) is 3.75. The third kappa shape index (κ3) is 7.71. The van der Waals surface area contributed by atoms with E-state index in [1.165, 1.54) is 11.3 Å². The summed E-state index contributed by atoms with van der Waals surface area (Å²) in [6.45, 7) is 8.43. The molecule has 4 heterocycles. The predicted molar refractivity (Wildman–Crippen MR) is 230 cm³/mol. The van der Waals surface area contributed by atoms with Gasteiger partial charge in [-0.25, -0.2) is 14.8 Å². The van der Waals surface area contributed by atoms with E-state index in [9.17, 15) is 23.1 Å². The van der Waals surface area contributed by atoms with Crippen LogP contribution in [0.1, 0.15) is 78.9 Å². The molecule has 4 fully saturated rings. The van der Waals surface area contributed by atoms with Gasteiger partial charge in [0.2, 0.25) is 0 Å². The second kappa shape index (κ2) is 14.8. The number of para-hydroxylation sites is 2. The molecule has 0 radical (unpaired) electrons. The van der Waals surface area contributed by atoms with Crippen molar-refractivity contribution in [3.05, 3.63) is 90.0 Å². The van der Waals surface area contributed by atoms with Crippen LogP contribution < -0.4 is 10.6 Å². The standard InChI is InChI=1S/C44H47N7O7S2/c1-27-30(19-47-51(27)26-43-21-41(2)20-42(3,22-43)24-44(23-41,25-43)58-16-14-45-15-17-60(55,56)57)28-12-13-33(48-37(28)39(53)54)31-18-46-32-9-5-4-8-29(32)36(31)38(52)50-40-49-34-10-6-7-11-35(34)59-40/h4-13,18-19,45H,14-17,20-26H2,1-3H3,(H,53,54)(H,49,50,52)(H,55,56,57). The number of thiazole rings is 1. The summed E-state index contributed by atoms with van der Waals surface area (Å²) in [7, 11) is -4.03. The summed E-state index contributed by atoms with van der Waals surface area (Å²) in [4.78, 5) is 41.0. The number of carbonyl (C=O) groups is 2. The molecule has 0 saturated heterocycles. The van der Waals surface area contributed by atoms with Crippen LogP contribution in [0.4, 0.5) is 5.13 Å². The molecule has 16 heteroatoms. The third-order valence-electron chi connectivity index (χ3n) is 12.6. The largest absolute Gasteiger partial charge is 0.476 e. The molecule has 2 aromatic carbocycles. The van der Waals surface area contributed by atoms with E-state index in [4.69, 9.17) is 19.4 Å². The minimum Gasteiger partial charge on any atom is -0.476 e. The molecule has 1 amide bonds. The van der Waals surface area contributed by atoms with Crippen molar-refractivity contribution in [2.45, 2.75) is 71.4 Å². The number of aromatic carboxylic acids is 1. The maximum atomic E-state index is 14.1. The van der Waals surface area contributed by atoms with E-state index in [0.29, 0.717) is 63.7 Å². The van der Waals surface area contributed by atoms with Crippen molar-refractivity contribution < 1.29 is 32.4 Å². The molecule has 4 saturated carbocycles. The first-order chi connectivity index (χ1) is 28.5. The first kappa shape index (κ1) is 40.3. The number of amides is 1. The average molecular weight is 850 g/mol. The van der Waals surface area contributed by atoms with Crippen LogP contribution >= 0.6 is 11.3 Å². The molecule has 10 rings (SSSR count). The third-order valence-corrected chi connectivity index (χ3v) is 14.3. The lowest BCUT2D eigenvalue weighted by atomic mass is 9.39. The van der Waals surface area contributed by atoms with E-state index in [0.717, 1.165) is 54.4 Å². The van der Waals surface area contributed by atoms with Crippen molar-refractivity contribution in [1.82, 2.24) is 30.0 Å². The van der Waals surface area contributed by atoms with E-state index in [-0.39, 0.29) is 39.8 Å². The molecule has 4 N–H and O–H groups in total. The highest BCUT2D eigenvalue weighted by Gasteiger charge is 2.66. The number of carboxylic acid groups (broad SMARTS) is 1. The van der Waals surface area contributed by atoms with Gasteiger partial charge in [-0.2, -0.15) is 13.5 Å². The Morgan fingerprint density at radius 1 is 0.867 bits per heavy atom. The lowest BCUT2D eigenvalue weighted by Crippen LogP contribution is -2.64. The molecule has 4 aliphatic carbocycles. The van der Waals surface area contributed by atoms with Gasteiger partial charge < -0.3 is 15.2 Å². The van der Waals surface area contributed by atoms with Crippen LogP contribution in [0.5, 0.6) is 0 Å². The molecule has 0 spiro atoms. The van der Waals surface area contributed by atoms with Crippen molar-refractivity contribution in [2.75, 3.05) is 30.8 Å². The summed E-state index contributed by atoms with van der Waals surface area (Å²) in [6, 6.07) is 18.4. The minimum atomic E-state index is -4.03. The highest BCUT2D eigenvalue weighted by Crippen LogP contribution is 2.72. The molecule has 2 unspecified atom stereocenters. The fourth-order valence-electron chi connectivity index (χ4n) is 11.7. The van der Waals surface area contributed by atoms with Crippen molar-refractivity contribution >= 4 is 59.6 Å². The number of carbonyl (C=O) groups excluding carboxylic acids is 1. The molecular weight excluding hydrogens is 803 g/mol. The number of fused-ring (bicyclic) bond motifs is 2. The van der Waals surface area contributed by atoms with E-state index in [1.807, 2.05) is 60.1 Å². The maximum Gasteiger partial charge on any atom is 0.355 e. The Morgan fingerprint density at radius 2 is 1.60 bits per heavy atom. The van der Waals surface area contributed by atoms with Gasteiger partial charge in [-0.3, -0.25) is 24.3 Å². The summed E-state index contributed by atoms with van der Waals surface area (Å²) < 4.78 is 41.0. The van der Waals surface area contributed by atoms with Crippen molar-refractivity contribution in [3.63, 3.8) is 0 Å². The van der Waals surface area contributed by atoms with Crippen LogP contribution in [0.15, 0.2) is 73.1 Å². The van der Waals surface area contributed by atoms with E-state index in [2.05, 4.69) is 34.4 Å². The number of nitrogens with zero attached hydrogens (tertiary/aromatic N) is 5. The molecule has 14 nitrogen and oxygen atoms in total. The Kier molecular flexibility index (Phi) is 9.94. The summed E-state index contributed by atoms with van der Waals surface area (Å²) >= 11 is 1.37. The number of ether oxygens (including phenoxy) is 1. The van der Waals surface area contributed by atoms with Crippen LogP contribution in [0.3, 0.4) is 0 Å². The number of hydrogen-bond donors (Lipinski definition) is 4. The Balaban J connectivity index is 0.999. The van der Waals surface area contributed by atoms with Crippen molar-refractivity contribution in [2.24, 2.45) is 16.2 Å². The number of benzene rings is 2. The number of hydrogen-bond acceptors (Lipinski definition) is 11. The molecule has 0 aliphatic heterocycles. The molecule has 4 aliphatic rings. The van der Waals surface area contributed by atoms with Gasteiger partial charge in [0.15, 0.2) is 10.8 Å². The fraction of sp³-hybridized carbons (Fsp3) is 0.409. The van der Waals surface area contributed by atoms with Crippen LogP contribution in [0.25, 0.3) is 43.5 Å². The smallest absolute Gasteiger partial charge is 0.355 e. The van der Waals surface area contributed by atoms with E-state index < -0.39 is 22.0 Å². The molecule has 4 bridgehead atoms. The van der Waals surface area contributed by atoms with Gasteiger partial charge >= 0.3 is 5.97 Å². The lowest BCUT2D eigenvalue weighted by Gasteiger charge is -2.69. The Hall–Kier alpha value is -5.13. The molecular formula is C44H47N7O7S2. The highest BCUT2D eigenvalue weighted by molar-refractivity contribution is 7.85. The van der Waals surface area contributed by atoms with Gasteiger partial charge in [-0.05, 0) is 92.0 Å². The molecule has 2 atom stereocenters. The minimum absolute atomic E-state index is 0.0871. The Bertz CT molecular complexity index is 2750. The van der Waals surface area contributed by atoms with Gasteiger partial charge in [-0.15, -0.1) is 0 Å².